The van der Waals surface area contributed by atoms with Gasteiger partial charge in [0.25, 0.3) is 0 Å². The Morgan fingerprint density at radius 2 is 1.96 bits per heavy atom. The summed E-state index contributed by atoms with van der Waals surface area (Å²) in [6.07, 6.45) is 1.88. The highest BCUT2D eigenvalue weighted by atomic mass is 32.2. The lowest BCUT2D eigenvalue weighted by molar-refractivity contribution is 0.0735. The summed E-state index contributed by atoms with van der Waals surface area (Å²) in [5, 5.41) is 4.52. The van der Waals surface area contributed by atoms with Gasteiger partial charge in [-0.25, -0.2) is 14.3 Å². The van der Waals surface area contributed by atoms with E-state index >= 15 is 0 Å². The van der Waals surface area contributed by atoms with Crippen LogP contribution in [0.2, 0.25) is 0 Å². The molecule has 0 N–H and O–H groups in total. The van der Waals surface area contributed by atoms with E-state index in [9.17, 15) is 4.79 Å². The fraction of sp³-hybridized carbons (Fsp3) is 0.105. The number of ether oxygens (including phenoxy) is 1. The van der Waals surface area contributed by atoms with E-state index in [1.54, 1.807) is 46.8 Å². The Bertz CT molecular complexity index is 1060. The summed E-state index contributed by atoms with van der Waals surface area (Å²) >= 11 is 3.09. The third kappa shape index (κ3) is 4.02. The number of esters is 1. The van der Waals surface area contributed by atoms with Gasteiger partial charge in [0, 0.05) is 5.56 Å². The number of carbonyl (C=O) groups excluding carboxylic acids is 1. The van der Waals surface area contributed by atoms with E-state index in [4.69, 9.17) is 4.74 Å². The molecule has 0 aliphatic heterocycles. The van der Waals surface area contributed by atoms with Crippen LogP contribution in [0.5, 0.6) is 5.75 Å². The van der Waals surface area contributed by atoms with Gasteiger partial charge in [-0.3, -0.25) is 4.31 Å². The molecule has 8 heteroatoms. The molecule has 2 heterocycles. The van der Waals surface area contributed by atoms with Crippen LogP contribution >= 0.6 is 23.3 Å². The van der Waals surface area contributed by atoms with Crippen LogP contribution in [0.3, 0.4) is 0 Å². The van der Waals surface area contributed by atoms with Crippen molar-refractivity contribution in [1.29, 1.82) is 0 Å². The molecule has 0 aliphatic carbocycles. The minimum Gasteiger partial charge on any atom is -0.423 e. The van der Waals surface area contributed by atoms with Crippen LogP contribution in [-0.4, -0.2) is 39.0 Å². The molecule has 0 bridgehead atoms. The topological polar surface area (TPSA) is 59.7 Å². The van der Waals surface area contributed by atoms with E-state index in [2.05, 4.69) is 10.1 Å². The predicted molar refractivity (Wildman–Crippen MR) is 107 cm³/mol. The maximum atomic E-state index is 12.2. The second-order valence-electron chi connectivity index (χ2n) is 5.91. The van der Waals surface area contributed by atoms with Crippen LogP contribution in [-0.2, 0) is 0 Å². The number of carbonyl (C=O) groups is 1. The molecule has 0 aliphatic rings. The van der Waals surface area contributed by atoms with Crippen LogP contribution in [0.1, 0.15) is 10.4 Å². The molecule has 0 radical (unpaired) electrons. The summed E-state index contributed by atoms with van der Waals surface area (Å²) in [6.45, 7) is 0. The molecule has 0 spiro atoms. The van der Waals surface area contributed by atoms with Crippen molar-refractivity contribution in [2.75, 3.05) is 14.1 Å². The molecule has 0 saturated carbocycles. The van der Waals surface area contributed by atoms with E-state index in [1.807, 2.05) is 48.9 Å². The summed E-state index contributed by atoms with van der Waals surface area (Å²) in [7, 11) is 3.95. The number of fused-ring (bicyclic) bond motifs is 1. The fourth-order valence-corrected chi connectivity index (χ4v) is 4.35. The van der Waals surface area contributed by atoms with Crippen molar-refractivity contribution in [1.82, 2.24) is 18.9 Å². The highest BCUT2D eigenvalue weighted by Gasteiger charge is 2.13. The zero-order valence-electron chi connectivity index (χ0n) is 14.7. The molecule has 6 nitrogen and oxygen atoms in total. The summed E-state index contributed by atoms with van der Waals surface area (Å²) in [4.78, 5) is 17.7. The Morgan fingerprint density at radius 1 is 1.15 bits per heavy atom. The fourth-order valence-electron chi connectivity index (χ4n) is 2.47. The molecule has 136 valence electrons. The van der Waals surface area contributed by atoms with Gasteiger partial charge >= 0.3 is 5.97 Å². The van der Waals surface area contributed by atoms with Crippen molar-refractivity contribution >= 4 is 34.2 Å². The Morgan fingerprint density at radius 3 is 2.70 bits per heavy atom. The first kappa shape index (κ1) is 17.7. The molecule has 27 heavy (non-hydrogen) atoms. The minimum absolute atomic E-state index is 0.384. The van der Waals surface area contributed by atoms with E-state index in [1.165, 1.54) is 11.3 Å². The first-order valence-corrected chi connectivity index (χ1v) is 9.76. The molecule has 4 aromatic rings. The minimum atomic E-state index is -0.384. The average molecular weight is 396 g/mol. The van der Waals surface area contributed by atoms with Gasteiger partial charge in [-0.05, 0) is 50.3 Å². The average Bonchev–Trinajstić information content (AvgIpc) is 3.20. The quantitative estimate of drug-likeness (QED) is 0.286. The number of benzene rings is 2. The third-order valence-corrected chi connectivity index (χ3v) is 5.43. The van der Waals surface area contributed by atoms with Gasteiger partial charge in [-0.1, -0.05) is 41.7 Å². The SMILES string of the molecule is CN(C)Sc1nn2cc(-c3cccc(OC(=O)c4ccccc4)c3)nc2s1. The number of hydrogen-bond donors (Lipinski definition) is 0. The third-order valence-electron chi connectivity index (χ3n) is 3.64. The molecule has 0 unspecified atom stereocenters. The highest BCUT2D eigenvalue weighted by Crippen LogP contribution is 2.29. The Hall–Kier alpha value is -2.68. The number of aromatic nitrogens is 3. The van der Waals surface area contributed by atoms with Gasteiger partial charge in [0.1, 0.15) is 5.75 Å². The van der Waals surface area contributed by atoms with Gasteiger partial charge < -0.3 is 4.74 Å². The Balaban J connectivity index is 1.56. The van der Waals surface area contributed by atoms with Crippen LogP contribution in [0.25, 0.3) is 16.2 Å². The highest BCUT2D eigenvalue weighted by molar-refractivity contribution is 7.98. The van der Waals surface area contributed by atoms with Gasteiger partial charge in [0.05, 0.1) is 17.5 Å². The largest absolute Gasteiger partial charge is 0.423 e. The molecule has 2 aromatic carbocycles. The van der Waals surface area contributed by atoms with Gasteiger partial charge in [0.2, 0.25) is 4.96 Å². The van der Waals surface area contributed by atoms with E-state index < -0.39 is 0 Å². The first-order valence-electron chi connectivity index (χ1n) is 8.18. The van der Waals surface area contributed by atoms with Gasteiger partial charge in [-0.15, -0.1) is 5.10 Å². The molecule has 0 fully saturated rings. The van der Waals surface area contributed by atoms with Gasteiger partial charge in [-0.2, -0.15) is 0 Å². The van der Waals surface area contributed by atoms with Crippen molar-refractivity contribution in [3.05, 3.63) is 66.4 Å². The summed E-state index contributed by atoms with van der Waals surface area (Å²) in [5.41, 5.74) is 2.17. The summed E-state index contributed by atoms with van der Waals surface area (Å²) in [5.74, 6) is 0.0973. The van der Waals surface area contributed by atoms with Crippen molar-refractivity contribution in [2.45, 2.75) is 4.34 Å². The van der Waals surface area contributed by atoms with Crippen LogP contribution in [0, 0.1) is 0 Å². The number of nitrogens with zero attached hydrogens (tertiary/aromatic N) is 4. The standard InChI is InChI=1S/C19H16N4O2S2/c1-22(2)27-19-21-23-12-16(20-18(23)26-19)14-9-6-10-15(11-14)25-17(24)13-7-4-3-5-8-13/h3-12H,1-2H3. The molecule has 4 rings (SSSR count). The summed E-state index contributed by atoms with van der Waals surface area (Å²) in [6, 6.07) is 16.3. The second kappa shape index (κ2) is 7.51. The van der Waals surface area contributed by atoms with E-state index in [0.717, 1.165) is 20.6 Å². The zero-order chi connectivity index (χ0) is 18.8. The molecular weight excluding hydrogens is 380 g/mol. The van der Waals surface area contributed by atoms with E-state index in [0.29, 0.717) is 11.3 Å². The zero-order valence-corrected chi connectivity index (χ0v) is 16.3. The molecular formula is C19H16N4O2S2. The van der Waals surface area contributed by atoms with Crippen molar-refractivity contribution in [3.63, 3.8) is 0 Å². The van der Waals surface area contributed by atoms with Gasteiger partial charge in [0.15, 0.2) is 4.34 Å². The van der Waals surface area contributed by atoms with Crippen LogP contribution in [0.4, 0.5) is 0 Å². The maximum absolute atomic E-state index is 12.2. The lowest BCUT2D eigenvalue weighted by Gasteiger charge is -2.05. The van der Waals surface area contributed by atoms with Crippen molar-refractivity contribution < 1.29 is 9.53 Å². The van der Waals surface area contributed by atoms with Crippen molar-refractivity contribution in [2.24, 2.45) is 0 Å². The van der Waals surface area contributed by atoms with Crippen molar-refractivity contribution in [3.8, 4) is 17.0 Å². The molecule has 0 amide bonds. The predicted octanol–water partition coefficient (Wildman–Crippen LogP) is 4.25. The Kier molecular flexibility index (Phi) is 4.93. The van der Waals surface area contributed by atoms with Crippen LogP contribution in [0.15, 0.2) is 65.1 Å². The normalized spacial score (nSPS) is 11.2. The Labute approximate surface area is 164 Å². The second-order valence-corrected chi connectivity index (χ2v) is 8.42. The lowest BCUT2D eigenvalue weighted by Crippen LogP contribution is -2.08. The van der Waals surface area contributed by atoms with E-state index in [-0.39, 0.29) is 5.97 Å². The maximum Gasteiger partial charge on any atom is 0.343 e. The molecule has 0 saturated heterocycles. The first-order chi connectivity index (χ1) is 13.1. The number of imidazole rings is 1. The molecule has 2 aromatic heterocycles. The number of hydrogen-bond acceptors (Lipinski definition) is 7. The smallest absolute Gasteiger partial charge is 0.343 e. The van der Waals surface area contributed by atoms with Crippen LogP contribution < -0.4 is 4.74 Å². The monoisotopic (exact) mass is 396 g/mol. The lowest BCUT2D eigenvalue weighted by atomic mass is 10.1. The summed E-state index contributed by atoms with van der Waals surface area (Å²) < 4.78 is 10.2. The molecule has 0 atom stereocenters. The number of rotatable bonds is 5.